The molecule has 0 aliphatic heterocycles. The first-order valence-corrected chi connectivity index (χ1v) is 6.30. The molecule has 1 atom stereocenters. The molecule has 0 aliphatic carbocycles. The third-order valence-corrected chi connectivity index (χ3v) is 3.18. The third kappa shape index (κ3) is 2.36. The maximum atomic E-state index is 5.69. The third-order valence-electron chi connectivity index (χ3n) is 3.18. The van der Waals surface area contributed by atoms with Gasteiger partial charge in [0.25, 0.3) is 0 Å². The number of rotatable bonds is 4. The van der Waals surface area contributed by atoms with Gasteiger partial charge in [-0.2, -0.15) is 4.80 Å². The van der Waals surface area contributed by atoms with Crippen LogP contribution in [0.15, 0.2) is 36.5 Å². The highest BCUT2D eigenvalue weighted by atomic mass is 15.6. The van der Waals surface area contributed by atoms with E-state index in [4.69, 9.17) is 5.84 Å². The minimum absolute atomic E-state index is 0.113. The van der Waals surface area contributed by atoms with Crippen LogP contribution in [-0.4, -0.2) is 25.2 Å². The lowest BCUT2D eigenvalue weighted by molar-refractivity contribution is 0.539. The number of pyridine rings is 1. The van der Waals surface area contributed by atoms with E-state index in [1.165, 1.54) is 4.80 Å². The second kappa shape index (κ2) is 5.32. The zero-order chi connectivity index (χ0) is 13.9. The first kappa shape index (κ1) is 12.6. The van der Waals surface area contributed by atoms with Gasteiger partial charge in [0.15, 0.2) is 5.82 Å². The molecule has 0 spiro atoms. The summed E-state index contributed by atoms with van der Waals surface area (Å²) < 4.78 is 0. The van der Waals surface area contributed by atoms with Crippen molar-refractivity contribution in [1.82, 2.24) is 30.6 Å². The number of nitrogens with two attached hydrogens (primary N) is 1. The fourth-order valence-corrected chi connectivity index (χ4v) is 2.26. The summed E-state index contributed by atoms with van der Waals surface area (Å²) in [6.45, 7) is 0. The maximum absolute atomic E-state index is 5.69. The van der Waals surface area contributed by atoms with Gasteiger partial charge in [-0.15, -0.1) is 10.2 Å². The van der Waals surface area contributed by atoms with Crippen LogP contribution in [0.3, 0.4) is 0 Å². The summed E-state index contributed by atoms with van der Waals surface area (Å²) in [5, 5.41) is 13.1. The van der Waals surface area contributed by atoms with Gasteiger partial charge >= 0.3 is 0 Å². The van der Waals surface area contributed by atoms with Crippen molar-refractivity contribution in [3.63, 3.8) is 0 Å². The quantitative estimate of drug-likeness (QED) is 0.529. The Morgan fingerprint density at radius 2 is 2.15 bits per heavy atom. The Kier molecular flexibility index (Phi) is 3.36. The monoisotopic (exact) mass is 269 g/mol. The molecule has 1 unspecified atom stereocenters. The standard InChI is InChI=1S/C13H15N7/c1-20-18-12(17-19-20)8-11(16-14)10-6-2-4-9-5-3-7-15-13(9)10/h2-7,11,16H,8,14H2,1H3. The van der Waals surface area contributed by atoms with Gasteiger partial charge < -0.3 is 0 Å². The van der Waals surface area contributed by atoms with Crippen LogP contribution in [0.4, 0.5) is 0 Å². The Morgan fingerprint density at radius 1 is 1.30 bits per heavy atom. The number of nitrogens with one attached hydrogen (secondary N) is 1. The number of nitrogens with zero attached hydrogens (tertiary/aromatic N) is 5. The fourth-order valence-electron chi connectivity index (χ4n) is 2.26. The zero-order valence-electron chi connectivity index (χ0n) is 11.1. The number of fused-ring (bicyclic) bond motifs is 1. The first-order chi connectivity index (χ1) is 9.78. The minimum Gasteiger partial charge on any atom is -0.271 e. The molecule has 3 aromatic rings. The van der Waals surface area contributed by atoms with Crippen molar-refractivity contribution < 1.29 is 0 Å². The summed E-state index contributed by atoms with van der Waals surface area (Å²) in [4.78, 5) is 5.87. The lowest BCUT2D eigenvalue weighted by Crippen LogP contribution is -2.30. The normalized spacial score (nSPS) is 12.7. The largest absolute Gasteiger partial charge is 0.271 e. The number of aromatic nitrogens is 5. The van der Waals surface area contributed by atoms with Crippen molar-refractivity contribution in [2.45, 2.75) is 12.5 Å². The van der Waals surface area contributed by atoms with E-state index in [0.717, 1.165) is 16.5 Å². The maximum Gasteiger partial charge on any atom is 0.176 e. The van der Waals surface area contributed by atoms with Crippen LogP contribution < -0.4 is 11.3 Å². The van der Waals surface area contributed by atoms with Gasteiger partial charge in [0, 0.05) is 18.0 Å². The Bertz CT molecular complexity index is 716. The van der Waals surface area contributed by atoms with E-state index >= 15 is 0 Å². The molecule has 2 heterocycles. The molecule has 2 aromatic heterocycles. The summed E-state index contributed by atoms with van der Waals surface area (Å²) in [6.07, 6.45) is 2.33. The van der Waals surface area contributed by atoms with Crippen LogP contribution >= 0.6 is 0 Å². The molecule has 1 aromatic carbocycles. The van der Waals surface area contributed by atoms with Crippen molar-refractivity contribution in [3.05, 3.63) is 47.9 Å². The topological polar surface area (TPSA) is 94.5 Å². The number of para-hydroxylation sites is 1. The Hall–Kier alpha value is -2.38. The summed E-state index contributed by atoms with van der Waals surface area (Å²) in [5.74, 6) is 6.33. The van der Waals surface area contributed by atoms with Crippen LogP contribution in [0, 0.1) is 0 Å². The van der Waals surface area contributed by atoms with E-state index in [9.17, 15) is 0 Å². The molecule has 7 nitrogen and oxygen atoms in total. The minimum atomic E-state index is -0.113. The SMILES string of the molecule is Cn1nnc(CC(NN)c2cccc3cccnc23)n1. The van der Waals surface area contributed by atoms with Crippen LogP contribution in [0.2, 0.25) is 0 Å². The molecule has 3 N–H and O–H groups in total. The van der Waals surface area contributed by atoms with Crippen molar-refractivity contribution in [3.8, 4) is 0 Å². The smallest absolute Gasteiger partial charge is 0.176 e. The second-order valence-corrected chi connectivity index (χ2v) is 4.54. The Morgan fingerprint density at radius 3 is 2.90 bits per heavy atom. The molecule has 0 fully saturated rings. The zero-order valence-corrected chi connectivity index (χ0v) is 11.1. The highest BCUT2D eigenvalue weighted by Gasteiger charge is 2.16. The highest BCUT2D eigenvalue weighted by Crippen LogP contribution is 2.23. The molecular formula is C13H15N7. The average Bonchev–Trinajstić information content (AvgIpc) is 2.89. The van der Waals surface area contributed by atoms with Gasteiger partial charge in [-0.25, -0.2) is 0 Å². The predicted molar refractivity (Wildman–Crippen MR) is 74.3 cm³/mol. The van der Waals surface area contributed by atoms with E-state index < -0.39 is 0 Å². The van der Waals surface area contributed by atoms with Crippen LogP contribution in [0.1, 0.15) is 17.4 Å². The lowest BCUT2D eigenvalue weighted by atomic mass is 10.0. The van der Waals surface area contributed by atoms with Gasteiger partial charge in [0.05, 0.1) is 18.6 Å². The van der Waals surface area contributed by atoms with Crippen molar-refractivity contribution in [2.75, 3.05) is 0 Å². The lowest BCUT2D eigenvalue weighted by Gasteiger charge is -2.16. The van der Waals surface area contributed by atoms with E-state index in [-0.39, 0.29) is 6.04 Å². The van der Waals surface area contributed by atoms with Gasteiger partial charge in [0.1, 0.15) is 0 Å². The molecule has 0 bridgehead atoms. The molecule has 0 saturated heterocycles. The van der Waals surface area contributed by atoms with Crippen molar-refractivity contribution in [1.29, 1.82) is 0 Å². The average molecular weight is 269 g/mol. The number of aryl methyl sites for hydroxylation is 1. The van der Waals surface area contributed by atoms with Crippen LogP contribution in [0.25, 0.3) is 10.9 Å². The summed E-state index contributed by atoms with van der Waals surface area (Å²) in [5.41, 5.74) is 4.77. The number of benzene rings is 1. The Balaban J connectivity index is 1.98. The van der Waals surface area contributed by atoms with Crippen molar-refractivity contribution in [2.24, 2.45) is 12.9 Å². The van der Waals surface area contributed by atoms with Crippen molar-refractivity contribution >= 4 is 10.9 Å². The molecule has 3 rings (SSSR count). The molecule has 102 valence electrons. The predicted octanol–water partition coefficient (Wildman–Crippen LogP) is 0.505. The fraction of sp³-hybridized carbons (Fsp3) is 0.231. The molecule has 20 heavy (non-hydrogen) atoms. The number of tetrazole rings is 1. The summed E-state index contributed by atoms with van der Waals surface area (Å²) in [6, 6.07) is 9.86. The van der Waals surface area contributed by atoms with Gasteiger partial charge in [-0.1, -0.05) is 24.3 Å². The molecule has 0 radical (unpaired) electrons. The van der Waals surface area contributed by atoms with Gasteiger partial charge in [-0.3, -0.25) is 16.3 Å². The van der Waals surface area contributed by atoms with Crippen LogP contribution in [0.5, 0.6) is 0 Å². The van der Waals surface area contributed by atoms with E-state index in [1.54, 1.807) is 13.2 Å². The van der Waals surface area contributed by atoms with Gasteiger partial charge in [-0.05, 0) is 16.8 Å². The van der Waals surface area contributed by atoms with E-state index in [2.05, 4.69) is 25.8 Å². The van der Waals surface area contributed by atoms with Crippen LogP contribution in [-0.2, 0) is 13.5 Å². The van der Waals surface area contributed by atoms with Gasteiger partial charge in [0.2, 0.25) is 0 Å². The summed E-state index contributed by atoms with van der Waals surface area (Å²) >= 11 is 0. The summed E-state index contributed by atoms with van der Waals surface area (Å²) in [7, 11) is 1.74. The van der Waals surface area contributed by atoms with E-state index in [0.29, 0.717) is 12.2 Å². The molecule has 0 amide bonds. The molecule has 7 heteroatoms. The number of hydrazine groups is 1. The second-order valence-electron chi connectivity index (χ2n) is 4.54. The first-order valence-electron chi connectivity index (χ1n) is 6.30. The Labute approximate surface area is 115 Å². The molecule has 0 saturated carbocycles. The molecule has 0 aliphatic rings. The van der Waals surface area contributed by atoms with E-state index in [1.807, 2.05) is 30.3 Å². The number of hydrogen-bond acceptors (Lipinski definition) is 6. The molecular weight excluding hydrogens is 254 g/mol. The highest BCUT2D eigenvalue weighted by molar-refractivity contribution is 5.82. The number of hydrogen-bond donors (Lipinski definition) is 2.